The molecule has 0 aliphatic carbocycles. The Kier molecular flexibility index (Phi) is 2.20. The van der Waals surface area contributed by atoms with E-state index in [0.717, 1.165) is 9.39 Å². The zero-order chi connectivity index (χ0) is 9.42. The van der Waals surface area contributed by atoms with Crippen molar-refractivity contribution in [2.24, 2.45) is 5.73 Å². The van der Waals surface area contributed by atoms with E-state index >= 15 is 0 Å². The van der Waals surface area contributed by atoms with Crippen LogP contribution in [0.25, 0.3) is 5.78 Å². The normalized spacial score (nSPS) is 13.5. The van der Waals surface area contributed by atoms with E-state index in [1.54, 1.807) is 6.20 Å². The van der Waals surface area contributed by atoms with Gasteiger partial charge in [0.1, 0.15) is 3.70 Å². The Morgan fingerprint density at radius 2 is 2.38 bits per heavy atom. The molecule has 68 valence electrons. The second kappa shape index (κ2) is 3.22. The molecule has 2 N–H and O–H groups in total. The second-order valence-corrected chi connectivity index (χ2v) is 3.89. The van der Waals surface area contributed by atoms with Gasteiger partial charge in [-0.2, -0.15) is 0 Å². The maximum Gasteiger partial charge on any atom is 0.234 e. The van der Waals surface area contributed by atoms with Gasteiger partial charge in [-0.15, -0.1) is 0 Å². The lowest BCUT2D eigenvalue weighted by Gasteiger charge is -1.99. The number of nitrogens with zero attached hydrogens (tertiary/aromatic N) is 3. The molecule has 2 aromatic rings. The molecule has 0 unspecified atom stereocenters. The number of imidazole rings is 1. The lowest BCUT2D eigenvalue weighted by Crippen LogP contribution is -2.07. The van der Waals surface area contributed by atoms with E-state index in [4.69, 9.17) is 5.73 Å². The fraction of sp³-hybridized carbons (Fsp3) is 0.250. The van der Waals surface area contributed by atoms with Gasteiger partial charge in [0.05, 0.1) is 5.69 Å². The van der Waals surface area contributed by atoms with Crippen molar-refractivity contribution in [1.82, 2.24) is 14.4 Å². The van der Waals surface area contributed by atoms with Crippen molar-refractivity contribution >= 4 is 28.4 Å². The first-order chi connectivity index (χ1) is 6.20. The third-order valence-corrected chi connectivity index (χ3v) is 2.87. The molecule has 0 saturated carbocycles. The lowest BCUT2D eigenvalue weighted by molar-refractivity contribution is 0.783. The molecule has 0 aliphatic heterocycles. The highest BCUT2D eigenvalue weighted by atomic mass is 127. The Bertz CT molecular complexity index is 435. The van der Waals surface area contributed by atoms with E-state index in [9.17, 15) is 0 Å². The predicted octanol–water partition coefficient (Wildman–Crippen LogP) is 1.35. The van der Waals surface area contributed by atoms with Crippen LogP contribution in [0.1, 0.15) is 18.7 Å². The highest BCUT2D eigenvalue weighted by molar-refractivity contribution is 14.1. The van der Waals surface area contributed by atoms with Crippen LogP contribution in [0, 0.1) is 3.70 Å². The van der Waals surface area contributed by atoms with Gasteiger partial charge < -0.3 is 5.73 Å². The molecular weight excluding hydrogens is 279 g/mol. The van der Waals surface area contributed by atoms with Crippen molar-refractivity contribution < 1.29 is 0 Å². The van der Waals surface area contributed by atoms with Gasteiger partial charge in [0, 0.05) is 18.4 Å². The van der Waals surface area contributed by atoms with Crippen LogP contribution in [0.2, 0.25) is 0 Å². The third kappa shape index (κ3) is 1.42. The number of hydrogen-bond donors (Lipinski definition) is 1. The number of aromatic nitrogens is 3. The van der Waals surface area contributed by atoms with E-state index in [2.05, 4.69) is 32.6 Å². The second-order valence-electron chi connectivity index (χ2n) is 2.87. The molecule has 0 amide bonds. The molecule has 0 aromatic carbocycles. The first-order valence-corrected chi connectivity index (χ1v) is 5.02. The third-order valence-electron chi connectivity index (χ3n) is 1.80. The van der Waals surface area contributed by atoms with Gasteiger partial charge >= 0.3 is 0 Å². The number of hydrogen-bond acceptors (Lipinski definition) is 3. The topological polar surface area (TPSA) is 56.2 Å². The summed E-state index contributed by atoms with van der Waals surface area (Å²) in [6.45, 7) is 1.92. The summed E-state index contributed by atoms with van der Waals surface area (Å²) in [6, 6.07) is 1.83. The molecule has 0 radical (unpaired) electrons. The molecule has 2 heterocycles. The van der Waals surface area contributed by atoms with Crippen LogP contribution >= 0.6 is 22.6 Å². The lowest BCUT2D eigenvalue weighted by atomic mass is 10.3. The molecule has 2 aromatic heterocycles. The van der Waals surface area contributed by atoms with Gasteiger partial charge in [0.15, 0.2) is 0 Å². The summed E-state index contributed by atoms with van der Waals surface area (Å²) in [4.78, 5) is 8.47. The van der Waals surface area contributed by atoms with Crippen molar-refractivity contribution in [2.45, 2.75) is 13.0 Å². The molecule has 13 heavy (non-hydrogen) atoms. The summed E-state index contributed by atoms with van der Waals surface area (Å²) in [5.74, 6) is 0.708. The first kappa shape index (κ1) is 8.89. The standard InChI is InChI=1S/C8H9IN4/c1-5(10)6-7(9)13-4-2-3-11-8(13)12-6/h2-5H,10H2,1H3/t5-/m1/s1. The van der Waals surface area contributed by atoms with Gasteiger partial charge in [-0.05, 0) is 35.6 Å². The smallest absolute Gasteiger partial charge is 0.234 e. The zero-order valence-electron chi connectivity index (χ0n) is 7.11. The molecular formula is C8H9IN4. The van der Waals surface area contributed by atoms with Crippen molar-refractivity contribution in [2.75, 3.05) is 0 Å². The van der Waals surface area contributed by atoms with E-state index in [0.29, 0.717) is 5.78 Å². The van der Waals surface area contributed by atoms with E-state index in [1.807, 2.05) is 23.6 Å². The minimum atomic E-state index is -0.0476. The quantitative estimate of drug-likeness (QED) is 0.806. The van der Waals surface area contributed by atoms with Crippen LogP contribution in [0.15, 0.2) is 18.5 Å². The maximum absolute atomic E-state index is 5.77. The largest absolute Gasteiger partial charge is 0.323 e. The summed E-state index contributed by atoms with van der Waals surface area (Å²) in [6.07, 6.45) is 3.66. The average molecular weight is 288 g/mol. The summed E-state index contributed by atoms with van der Waals surface area (Å²) in [5, 5.41) is 0. The van der Waals surface area contributed by atoms with Crippen LogP contribution in [0.4, 0.5) is 0 Å². The minimum Gasteiger partial charge on any atom is -0.323 e. The fourth-order valence-corrected chi connectivity index (χ4v) is 2.15. The molecule has 5 heteroatoms. The molecule has 4 nitrogen and oxygen atoms in total. The van der Waals surface area contributed by atoms with Gasteiger partial charge in [0.25, 0.3) is 0 Å². The Morgan fingerprint density at radius 3 is 3.00 bits per heavy atom. The Labute approximate surface area is 89.3 Å². The van der Waals surface area contributed by atoms with Crippen LogP contribution in [0.3, 0.4) is 0 Å². The molecule has 0 aliphatic rings. The first-order valence-electron chi connectivity index (χ1n) is 3.94. The van der Waals surface area contributed by atoms with Crippen LogP contribution in [-0.2, 0) is 0 Å². The highest BCUT2D eigenvalue weighted by Gasteiger charge is 2.12. The monoisotopic (exact) mass is 288 g/mol. The SMILES string of the molecule is C[C@@H](N)c1nc2ncccn2c1I. The predicted molar refractivity (Wildman–Crippen MR) is 58.3 cm³/mol. The molecule has 0 bridgehead atoms. The van der Waals surface area contributed by atoms with Crippen molar-refractivity contribution in [1.29, 1.82) is 0 Å². The Balaban J connectivity index is 2.74. The maximum atomic E-state index is 5.77. The van der Waals surface area contributed by atoms with Crippen LogP contribution in [-0.4, -0.2) is 14.4 Å². The molecule has 1 atom stereocenters. The highest BCUT2D eigenvalue weighted by Crippen LogP contribution is 2.17. The number of nitrogens with two attached hydrogens (primary N) is 1. The van der Waals surface area contributed by atoms with Crippen molar-refractivity contribution in [3.63, 3.8) is 0 Å². The summed E-state index contributed by atoms with van der Waals surface area (Å²) in [5.41, 5.74) is 6.67. The van der Waals surface area contributed by atoms with E-state index in [-0.39, 0.29) is 6.04 Å². The van der Waals surface area contributed by atoms with Crippen LogP contribution in [0.5, 0.6) is 0 Å². The van der Waals surface area contributed by atoms with Crippen LogP contribution < -0.4 is 5.73 Å². The van der Waals surface area contributed by atoms with Gasteiger partial charge in [0.2, 0.25) is 5.78 Å². The molecule has 0 fully saturated rings. The zero-order valence-corrected chi connectivity index (χ0v) is 9.26. The fourth-order valence-electron chi connectivity index (χ4n) is 1.17. The minimum absolute atomic E-state index is 0.0476. The Morgan fingerprint density at radius 1 is 1.62 bits per heavy atom. The van der Waals surface area contributed by atoms with E-state index < -0.39 is 0 Å². The van der Waals surface area contributed by atoms with E-state index in [1.165, 1.54) is 0 Å². The van der Waals surface area contributed by atoms with Gasteiger partial charge in [-0.25, -0.2) is 9.97 Å². The summed E-state index contributed by atoms with van der Waals surface area (Å²) < 4.78 is 2.97. The average Bonchev–Trinajstić information content (AvgIpc) is 2.45. The van der Waals surface area contributed by atoms with Crippen molar-refractivity contribution in [3.05, 3.63) is 27.9 Å². The van der Waals surface area contributed by atoms with Gasteiger partial charge in [-0.3, -0.25) is 4.40 Å². The number of rotatable bonds is 1. The molecule has 2 rings (SSSR count). The molecule has 0 spiro atoms. The molecule has 0 saturated heterocycles. The Hall–Kier alpha value is -0.690. The summed E-state index contributed by atoms with van der Waals surface area (Å²) in [7, 11) is 0. The summed E-state index contributed by atoms with van der Waals surface area (Å²) >= 11 is 2.23. The number of fused-ring (bicyclic) bond motifs is 1. The van der Waals surface area contributed by atoms with Crippen molar-refractivity contribution in [3.8, 4) is 0 Å². The number of halogens is 1. The van der Waals surface area contributed by atoms with Gasteiger partial charge in [-0.1, -0.05) is 0 Å².